The molecule has 0 saturated carbocycles. The van der Waals surface area contributed by atoms with Crippen LogP contribution in [0.4, 0.5) is 14.5 Å². The fraction of sp³-hybridized carbons (Fsp3) is 0.379. The van der Waals surface area contributed by atoms with E-state index in [2.05, 4.69) is 10.6 Å². The van der Waals surface area contributed by atoms with Crippen molar-refractivity contribution in [1.82, 2.24) is 15.1 Å². The molecule has 44 heavy (non-hydrogen) atoms. The van der Waals surface area contributed by atoms with Crippen molar-refractivity contribution in [2.24, 2.45) is 0 Å². The number of anilines is 1. The van der Waals surface area contributed by atoms with E-state index in [9.17, 15) is 32.5 Å². The molecule has 1 aromatic heterocycles. The van der Waals surface area contributed by atoms with Gasteiger partial charge in [0.05, 0.1) is 4.88 Å². The number of carbonyl (C=O) groups excluding carboxylic acids is 4. The quantitative estimate of drug-likeness (QED) is 0.236. The van der Waals surface area contributed by atoms with Gasteiger partial charge in [0.15, 0.2) is 0 Å². The molecule has 0 bridgehead atoms. The van der Waals surface area contributed by atoms with Crippen LogP contribution in [-0.4, -0.2) is 76.4 Å². The van der Waals surface area contributed by atoms with Gasteiger partial charge in [0, 0.05) is 62.0 Å². The van der Waals surface area contributed by atoms with Gasteiger partial charge in [0.1, 0.15) is 0 Å². The summed E-state index contributed by atoms with van der Waals surface area (Å²) >= 11 is 1.11. The molecule has 1 unspecified atom stereocenters. The molecule has 2 aliphatic rings. The predicted octanol–water partition coefficient (Wildman–Crippen LogP) is 4.36. The highest BCUT2D eigenvalue weighted by Gasteiger charge is 2.50. The second kappa shape index (κ2) is 15.3. The summed E-state index contributed by atoms with van der Waals surface area (Å²) in [6.45, 7) is 3.91. The van der Waals surface area contributed by atoms with Gasteiger partial charge in [-0.2, -0.15) is 8.78 Å². The van der Waals surface area contributed by atoms with Crippen molar-refractivity contribution in [3.63, 3.8) is 0 Å². The number of hydrogen-bond donors (Lipinski definition) is 4. The van der Waals surface area contributed by atoms with E-state index in [0.29, 0.717) is 40.4 Å². The van der Waals surface area contributed by atoms with Crippen LogP contribution in [0.1, 0.15) is 47.8 Å². The standard InChI is InChI=1S/C11H10F2NO4PS.C11H18N2O2.C7H7NO/c1-14-10(15)9-5-6-4-7(2-3-8(6)20-9)11(12,13)19(16,17)18;1-9(14)12-7-4-10-3-2-6-13(10)11(15)5-8-12;9-6-8-7-4-2-1-3-5-7/h2-5H,1H3,(H,14,15)(H2,16,17,18);10H,2-8H2,1H3;1-6H,(H,8,9). The molecule has 2 fully saturated rings. The molecule has 11 nitrogen and oxygen atoms in total. The molecule has 0 radical (unpaired) electrons. The minimum absolute atomic E-state index is 0.0919. The van der Waals surface area contributed by atoms with Gasteiger partial charge in [-0.1, -0.05) is 24.3 Å². The summed E-state index contributed by atoms with van der Waals surface area (Å²) in [6.07, 6.45) is 4.34. The van der Waals surface area contributed by atoms with Crippen LogP contribution in [0.2, 0.25) is 0 Å². The highest BCUT2D eigenvalue weighted by atomic mass is 32.1. The van der Waals surface area contributed by atoms with Crippen LogP contribution in [0.25, 0.3) is 10.1 Å². The number of benzene rings is 2. The minimum Gasteiger partial charge on any atom is -0.354 e. The van der Waals surface area contributed by atoms with Gasteiger partial charge in [-0.15, -0.1) is 11.3 Å². The zero-order chi connectivity index (χ0) is 32.5. The lowest BCUT2D eigenvalue weighted by Gasteiger charge is -2.31. The first-order valence-electron chi connectivity index (χ1n) is 13.8. The number of carbonyl (C=O) groups is 4. The highest BCUT2D eigenvalue weighted by molar-refractivity contribution is 7.52. The van der Waals surface area contributed by atoms with Gasteiger partial charge in [-0.3, -0.25) is 23.7 Å². The first kappa shape index (κ1) is 34.8. The first-order valence-corrected chi connectivity index (χ1v) is 16.2. The first-order chi connectivity index (χ1) is 20.8. The third-order valence-corrected chi connectivity index (χ3v) is 9.26. The van der Waals surface area contributed by atoms with Crippen molar-refractivity contribution in [3.05, 3.63) is 65.0 Å². The Balaban J connectivity index is 0.000000194. The lowest BCUT2D eigenvalue weighted by atomic mass is 10.1. The molecule has 3 heterocycles. The van der Waals surface area contributed by atoms with E-state index in [-0.39, 0.29) is 17.7 Å². The largest absolute Gasteiger partial charge is 0.399 e. The monoisotopic (exact) mass is 652 g/mol. The van der Waals surface area contributed by atoms with Gasteiger partial charge in [0.2, 0.25) is 18.2 Å². The number of alkyl halides is 2. The van der Waals surface area contributed by atoms with E-state index in [4.69, 9.17) is 9.79 Å². The molecule has 1 atom stereocenters. The number of nitrogens with zero attached hydrogens (tertiary/aromatic N) is 2. The maximum absolute atomic E-state index is 13.6. The number of nitrogens with one attached hydrogen (secondary N) is 2. The van der Waals surface area contributed by atoms with E-state index in [1.54, 1.807) is 11.8 Å². The van der Waals surface area contributed by atoms with E-state index in [0.717, 1.165) is 61.5 Å². The summed E-state index contributed by atoms with van der Waals surface area (Å²) in [4.78, 5) is 65.9. The Kier molecular flexibility index (Phi) is 12.1. The van der Waals surface area contributed by atoms with Gasteiger partial charge in [-0.25, -0.2) is 0 Å². The summed E-state index contributed by atoms with van der Waals surface area (Å²) in [5.74, 6) is -0.0350. The molecule has 238 valence electrons. The molecule has 2 aromatic carbocycles. The summed E-state index contributed by atoms with van der Waals surface area (Å²) in [7, 11) is -4.15. The Morgan fingerprint density at radius 3 is 2.39 bits per heavy atom. The Hall–Kier alpha value is -3.71. The number of thiophene rings is 1. The van der Waals surface area contributed by atoms with E-state index >= 15 is 0 Å². The van der Waals surface area contributed by atoms with Gasteiger partial charge in [-0.05, 0) is 55.0 Å². The van der Waals surface area contributed by atoms with Crippen molar-refractivity contribution in [2.45, 2.75) is 44.3 Å². The lowest BCUT2D eigenvalue weighted by Crippen LogP contribution is -2.44. The van der Waals surface area contributed by atoms with Gasteiger partial charge < -0.3 is 30.2 Å². The molecule has 0 aliphatic carbocycles. The van der Waals surface area contributed by atoms with Crippen LogP contribution in [0.15, 0.2) is 54.6 Å². The van der Waals surface area contributed by atoms with Gasteiger partial charge >= 0.3 is 13.3 Å². The SMILES string of the molecule is CC(=O)N1CCC(=O)N2CCCC2CC1.CNC(=O)c1cc2cc(C(F)(F)P(=O)(O)O)ccc2s1.O=CNc1ccccc1. The third-order valence-electron chi connectivity index (χ3n) is 7.15. The molecule has 15 heteroatoms. The fourth-order valence-electron chi connectivity index (χ4n) is 4.81. The van der Waals surface area contributed by atoms with Crippen molar-refractivity contribution < 1.29 is 42.3 Å². The molecule has 4 N–H and O–H groups in total. The van der Waals surface area contributed by atoms with Crippen LogP contribution in [0.5, 0.6) is 0 Å². The highest BCUT2D eigenvalue weighted by Crippen LogP contribution is 2.59. The van der Waals surface area contributed by atoms with E-state index < -0.39 is 18.8 Å². The van der Waals surface area contributed by atoms with E-state index in [1.807, 2.05) is 35.2 Å². The number of rotatable bonds is 5. The molecule has 5 rings (SSSR count). The smallest absolute Gasteiger partial charge is 0.354 e. The Labute approximate surface area is 257 Å². The van der Waals surface area contributed by atoms with Crippen LogP contribution in [-0.2, 0) is 24.6 Å². The molecule has 2 saturated heterocycles. The number of fused-ring (bicyclic) bond motifs is 2. The molecule has 0 spiro atoms. The van der Waals surface area contributed by atoms with E-state index in [1.165, 1.54) is 19.2 Å². The average molecular weight is 653 g/mol. The van der Waals surface area contributed by atoms with Crippen LogP contribution < -0.4 is 10.6 Å². The summed E-state index contributed by atoms with van der Waals surface area (Å²) in [5.41, 5.74) is -4.21. The minimum atomic E-state index is -5.60. The fourth-order valence-corrected chi connectivity index (χ4v) is 6.27. The van der Waals surface area contributed by atoms with Crippen molar-refractivity contribution >= 4 is 58.8 Å². The summed E-state index contributed by atoms with van der Waals surface area (Å²) in [5, 5.41) is 5.27. The topological polar surface area (TPSA) is 156 Å². The Morgan fingerprint density at radius 1 is 1.07 bits per heavy atom. The number of para-hydroxylation sites is 1. The van der Waals surface area contributed by atoms with Crippen molar-refractivity contribution in [1.29, 1.82) is 0 Å². The van der Waals surface area contributed by atoms with Crippen LogP contribution in [0.3, 0.4) is 0 Å². The number of hydrogen-bond acceptors (Lipinski definition) is 6. The van der Waals surface area contributed by atoms with Crippen LogP contribution >= 0.6 is 18.9 Å². The lowest BCUT2D eigenvalue weighted by molar-refractivity contribution is -0.136. The number of amides is 4. The normalized spacial score (nSPS) is 16.8. The Morgan fingerprint density at radius 2 is 1.77 bits per heavy atom. The predicted molar refractivity (Wildman–Crippen MR) is 164 cm³/mol. The molecule has 4 amide bonds. The zero-order valence-electron chi connectivity index (χ0n) is 24.2. The van der Waals surface area contributed by atoms with Crippen molar-refractivity contribution in [2.75, 3.05) is 32.0 Å². The molecule has 2 aliphatic heterocycles. The average Bonchev–Trinajstić information content (AvgIpc) is 3.63. The summed E-state index contributed by atoms with van der Waals surface area (Å²) in [6, 6.07) is 14.3. The molecular weight excluding hydrogens is 617 g/mol. The second-order valence-electron chi connectivity index (χ2n) is 10.1. The van der Waals surface area contributed by atoms with Crippen molar-refractivity contribution in [3.8, 4) is 0 Å². The van der Waals surface area contributed by atoms with Gasteiger partial charge in [0.25, 0.3) is 5.91 Å². The Bertz CT molecular complexity index is 1520. The zero-order valence-corrected chi connectivity index (χ0v) is 26.0. The molecule has 3 aromatic rings. The molecular formula is C29H35F2N4O7PS. The third kappa shape index (κ3) is 8.91. The maximum Gasteiger partial charge on any atom is 0.399 e. The second-order valence-corrected chi connectivity index (χ2v) is 12.8. The summed E-state index contributed by atoms with van der Waals surface area (Å²) < 4.78 is 38.6. The number of halogens is 2. The van der Waals surface area contributed by atoms with Crippen LogP contribution in [0, 0.1) is 0 Å². The maximum atomic E-state index is 13.6.